The number of methoxy groups -OCH3 is 1. The second kappa shape index (κ2) is 8.55. The van der Waals surface area contributed by atoms with Crippen LogP contribution in [-0.2, 0) is 4.79 Å². The van der Waals surface area contributed by atoms with E-state index in [0.29, 0.717) is 17.3 Å². The van der Waals surface area contributed by atoms with Crippen molar-refractivity contribution in [2.75, 3.05) is 12.4 Å². The number of ether oxygens (including phenoxy) is 1. The van der Waals surface area contributed by atoms with Gasteiger partial charge in [0.25, 0.3) is 0 Å². The smallest absolute Gasteiger partial charge is 0.248 e. The first-order chi connectivity index (χ1) is 14.5. The maximum atomic E-state index is 12.5. The van der Waals surface area contributed by atoms with Crippen LogP contribution in [-0.4, -0.2) is 18.0 Å². The van der Waals surface area contributed by atoms with Crippen molar-refractivity contribution in [3.8, 4) is 17.2 Å². The first kappa shape index (κ1) is 19.9. The average molecular weight is 463 g/mol. The molecule has 150 valence electrons. The molecule has 6 heteroatoms. The molecule has 0 spiro atoms. The number of anilines is 1. The zero-order valence-electron chi connectivity index (χ0n) is 16.5. The summed E-state index contributed by atoms with van der Waals surface area (Å²) in [7, 11) is 1.60. The minimum Gasteiger partial charge on any atom is -0.496 e. The molecule has 0 aliphatic rings. The minimum absolute atomic E-state index is 0.241. The lowest BCUT2D eigenvalue weighted by Gasteiger charge is -2.08. The molecule has 0 aliphatic heterocycles. The first-order valence-corrected chi connectivity index (χ1v) is 10.1. The van der Waals surface area contributed by atoms with Gasteiger partial charge in [-0.15, -0.1) is 0 Å². The van der Waals surface area contributed by atoms with Crippen molar-refractivity contribution < 1.29 is 13.9 Å². The van der Waals surface area contributed by atoms with Crippen LogP contribution >= 0.6 is 15.9 Å². The van der Waals surface area contributed by atoms with Crippen LogP contribution in [0.25, 0.3) is 28.6 Å². The van der Waals surface area contributed by atoms with Crippen LogP contribution in [0.15, 0.2) is 75.6 Å². The molecule has 5 nitrogen and oxygen atoms in total. The number of halogens is 1. The zero-order valence-corrected chi connectivity index (χ0v) is 18.1. The largest absolute Gasteiger partial charge is 0.496 e. The summed E-state index contributed by atoms with van der Waals surface area (Å²) in [5.41, 5.74) is 4.76. The van der Waals surface area contributed by atoms with Gasteiger partial charge in [-0.05, 0) is 61.0 Å². The molecule has 1 aromatic heterocycles. The molecule has 0 saturated heterocycles. The summed E-state index contributed by atoms with van der Waals surface area (Å²) in [4.78, 5) is 17.0. The van der Waals surface area contributed by atoms with E-state index in [1.165, 1.54) is 6.08 Å². The van der Waals surface area contributed by atoms with Crippen molar-refractivity contribution in [1.82, 2.24) is 4.98 Å². The van der Waals surface area contributed by atoms with Gasteiger partial charge in [0, 0.05) is 27.4 Å². The Hall–Kier alpha value is -3.38. The summed E-state index contributed by atoms with van der Waals surface area (Å²) in [6.07, 6.45) is 3.20. The molecule has 1 N–H and O–H groups in total. The van der Waals surface area contributed by atoms with Crippen LogP contribution in [0.1, 0.15) is 11.1 Å². The second-order valence-electron chi connectivity index (χ2n) is 6.73. The maximum Gasteiger partial charge on any atom is 0.248 e. The van der Waals surface area contributed by atoms with Crippen molar-refractivity contribution in [1.29, 1.82) is 0 Å². The number of nitrogens with zero attached hydrogens (tertiary/aromatic N) is 1. The minimum atomic E-state index is -0.241. The summed E-state index contributed by atoms with van der Waals surface area (Å²) in [5.74, 6) is 0.965. The summed E-state index contributed by atoms with van der Waals surface area (Å²) in [6, 6.07) is 19.0. The second-order valence-corrected chi connectivity index (χ2v) is 7.64. The van der Waals surface area contributed by atoms with Crippen LogP contribution in [0.5, 0.6) is 5.75 Å². The SMILES string of the molecule is COc1ccc(Br)cc1C=CC(=O)Nc1cc(-c2nc3ccccc3o2)ccc1C. The number of carbonyl (C=O) groups is 1. The van der Waals surface area contributed by atoms with Crippen molar-refractivity contribution in [2.45, 2.75) is 6.92 Å². The van der Waals surface area contributed by atoms with Crippen LogP contribution in [0.2, 0.25) is 0 Å². The first-order valence-electron chi connectivity index (χ1n) is 9.33. The highest BCUT2D eigenvalue weighted by Gasteiger charge is 2.11. The van der Waals surface area contributed by atoms with Gasteiger partial charge in [0.2, 0.25) is 11.8 Å². The van der Waals surface area contributed by atoms with Crippen LogP contribution in [0, 0.1) is 6.92 Å². The van der Waals surface area contributed by atoms with E-state index in [9.17, 15) is 4.79 Å². The fourth-order valence-electron chi connectivity index (χ4n) is 3.06. The van der Waals surface area contributed by atoms with Gasteiger partial charge in [0.1, 0.15) is 11.3 Å². The number of amides is 1. The van der Waals surface area contributed by atoms with Crippen LogP contribution < -0.4 is 10.1 Å². The number of hydrogen-bond donors (Lipinski definition) is 1. The van der Waals surface area contributed by atoms with Crippen molar-refractivity contribution in [3.63, 3.8) is 0 Å². The molecule has 0 atom stereocenters. The molecule has 1 amide bonds. The molecule has 0 saturated carbocycles. The molecule has 1 heterocycles. The molecule has 4 rings (SSSR count). The molecular weight excluding hydrogens is 444 g/mol. The number of rotatable bonds is 5. The molecule has 0 unspecified atom stereocenters. The third-order valence-corrected chi connectivity index (χ3v) is 5.14. The Morgan fingerprint density at radius 3 is 2.77 bits per heavy atom. The number of oxazole rings is 1. The summed E-state index contributed by atoms with van der Waals surface area (Å²) < 4.78 is 12.1. The summed E-state index contributed by atoms with van der Waals surface area (Å²) in [6.45, 7) is 1.94. The van der Waals surface area contributed by atoms with Gasteiger partial charge in [0.15, 0.2) is 5.58 Å². The molecule has 0 radical (unpaired) electrons. The van der Waals surface area contributed by atoms with Gasteiger partial charge in [-0.1, -0.05) is 34.1 Å². The van der Waals surface area contributed by atoms with E-state index in [0.717, 1.165) is 32.3 Å². The van der Waals surface area contributed by atoms with E-state index in [4.69, 9.17) is 9.15 Å². The highest BCUT2D eigenvalue weighted by Crippen LogP contribution is 2.28. The Morgan fingerprint density at radius 1 is 1.13 bits per heavy atom. The molecule has 3 aromatic carbocycles. The Kier molecular flexibility index (Phi) is 5.68. The van der Waals surface area contributed by atoms with E-state index in [1.54, 1.807) is 13.2 Å². The lowest BCUT2D eigenvalue weighted by atomic mass is 10.1. The van der Waals surface area contributed by atoms with Gasteiger partial charge < -0.3 is 14.5 Å². The molecule has 30 heavy (non-hydrogen) atoms. The predicted octanol–water partition coefficient (Wildman–Crippen LogP) is 6.23. The maximum absolute atomic E-state index is 12.5. The average Bonchev–Trinajstić information content (AvgIpc) is 3.18. The molecule has 0 bridgehead atoms. The van der Waals surface area contributed by atoms with Gasteiger partial charge >= 0.3 is 0 Å². The lowest BCUT2D eigenvalue weighted by molar-refractivity contribution is -0.111. The standard InChI is InChI=1S/C24H19BrN2O3/c1-15-7-8-17(24-27-19-5-3-4-6-22(19)30-24)14-20(15)26-23(28)12-9-16-13-18(25)10-11-21(16)29-2/h3-14H,1-2H3,(H,26,28). The lowest BCUT2D eigenvalue weighted by Crippen LogP contribution is -2.09. The van der Waals surface area contributed by atoms with Crippen molar-refractivity contribution in [2.24, 2.45) is 0 Å². The zero-order chi connectivity index (χ0) is 21.1. The fourth-order valence-corrected chi connectivity index (χ4v) is 3.44. The molecule has 0 fully saturated rings. The molecular formula is C24H19BrN2O3. The van der Waals surface area contributed by atoms with E-state index < -0.39 is 0 Å². The Morgan fingerprint density at radius 2 is 1.97 bits per heavy atom. The molecule has 0 aliphatic carbocycles. The highest BCUT2D eigenvalue weighted by molar-refractivity contribution is 9.10. The van der Waals surface area contributed by atoms with E-state index >= 15 is 0 Å². The number of carbonyl (C=O) groups excluding carboxylic acids is 1. The summed E-state index contributed by atoms with van der Waals surface area (Å²) in [5, 5.41) is 2.93. The topological polar surface area (TPSA) is 64.4 Å². The van der Waals surface area contributed by atoms with Gasteiger partial charge in [-0.3, -0.25) is 4.79 Å². The van der Waals surface area contributed by atoms with E-state index in [-0.39, 0.29) is 5.91 Å². The number of aromatic nitrogens is 1. The van der Waals surface area contributed by atoms with Gasteiger partial charge in [-0.25, -0.2) is 4.98 Å². The van der Waals surface area contributed by atoms with E-state index in [2.05, 4.69) is 26.2 Å². The number of aryl methyl sites for hydroxylation is 1. The third-order valence-electron chi connectivity index (χ3n) is 4.64. The number of hydrogen-bond acceptors (Lipinski definition) is 4. The third kappa shape index (κ3) is 4.28. The summed E-state index contributed by atoms with van der Waals surface area (Å²) >= 11 is 3.43. The Balaban J connectivity index is 1.56. The quantitative estimate of drug-likeness (QED) is 0.357. The predicted molar refractivity (Wildman–Crippen MR) is 123 cm³/mol. The van der Waals surface area contributed by atoms with E-state index in [1.807, 2.05) is 67.6 Å². The number of para-hydroxylation sites is 2. The normalized spacial score (nSPS) is 11.2. The Bertz CT molecular complexity index is 1230. The van der Waals surface area contributed by atoms with Crippen LogP contribution in [0.3, 0.4) is 0 Å². The molecule has 4 aromatic rings. The van der Waals surface area contributed by atoms with Crippen molar-refractivity contribution in [3.05, 3.63) is 82.3 Å². The highest BCUT2D eigenvalue weighted by atomic mass is 79.9. The van der Waals surface area contributed by atoms with Gasteiger partial charge in [0.05, 0.1) is 7.11 Å². The van der Waals surface area contributed by atoms with Gasteiger partial charge in [-0.2, -0.15) is 0 Å². The van der Waals surface area contributed by atoms with Crippen molar-refractivity contribution >= 4 is 44.7 Å². The number of fused-ring (bicyclic) bond motifs is 1. The number of nitrogens with one attached hydrogen (secondary N) is 1. The number of benzene rings is 3. The monoisotopic (exact) mass is 462 g/mol. The Labute approximate surface area is 182 Å². The van der Waals surface area contributed by atoms with Crippen LogP contribution in [0.4, 0.5) is 5.69 Å². The fraction of sp³-hybridized carbons (Fsp3) is 0.0833.